The Morgan fingerprint density at radius 3 is 2.55 bits per heavy atom. The van der Waals surface area contributed by atoms with Crippen molar-refractivity contribution in [2.45, 2.75) is 0 Å². The van der Waals surface area contributed by atoms with Gasteiger partial charge in [-0.3, -0.25) is 0 Å². The monoisotopic (exact) mass is 373 g/mol. The van der Waals surface area contributed by atoms with Crippen molar-refractivity contribution >= 4 is 33.6 Å². The van der Waals surface area contributed by atoms with Crippen molar-refractivity contribution in [1.82, 2.24) is 0 Å². The summed E-state index contributed by atoms with van der Waals surface area (Å²) >= 11 is 3.23. The molecule has 0 spiro atoms. The zero-order chi connectivity index (χ0) is 16.3. The van der Waals surface area contributed by atoms with E-state index in [0.29, 0.717) is 4.47 Å². The molecule has 1 aromatic carbocycles. The maximum atomic E-state index is 14.2. The second kappa shape index (κ2) is 6.89. The molecule has 0 atom stereocenters. The average molecular weight is 374 g/mol. The van der Waals surface area contributed by atoms with Gasteiger partial charge in [-0.1, -0.05) is 6.07 Å². The van der Waals surface area contributed by atoms with E-state index in [1.165, 1.54) is 31.3 Å². The number of hydrogen-bond acceptors (Lipinski definition) is 6. The number of ether oxygens (including phenoxy) is 3. The van der Waals surface area contributed by atoms with Crippen LogP contribution in [0.2, 0.25) is 0 Å². The Kier molecular flexibility index (Phi) is 5.15. The minimum atomic E-state index is -0.779. The fourth-order valence-electron chi connectivity index (χ4n) is 2.07. The summed E-state index contributed by atoms with van der Waals surface area (Å²) in [6.45, 7) is -0.232. The number of esters is 2. The Labute approximate surface area is 134 Å². The molecule has 8 heteroatoms. The first-order chi connectivity index (χ1) is 10.5. The number of methoxy groups -OCH3 is 2. The molecule has 118 valence electrons. The van der Waals surface area contributed by atoms with Crippen LogP contribution in [0.25, 0.3) is 0 Å². The SMILES string of the molecule is COC(=O)C1=C(C(=O)OC)N(c2c(F)cccc2Br)COC1. The van der Waals surface area contributed by atoms with E-state index in [2.05, 4.69) is 20.7 Å². The number of rotatable bonds is 3. The van der Waals surface area contributed by atoms with E-state index in [4.69, 9.17) is 9.47 Å². The third kappa shape index (κ3) is 2.97. The zero-order valence-electron chi connectivity index (χ0n) is 11.9. The third-order valence-corrected chi connectivity index (χ3v) is 3.68. The molecule has 22 heavy (non-hydrogen) atoms. The average Bonchev–Trinajstić information content (AvgIpc) is 2.53. The Bertz CT molecular complexity index is 626. The van der Waals surface area contributed by atoms with Crippen molar-refractivity contribution in [3.63, 3.8) is 0 Å². The van der Waals surface area contributed by atoms with Gasteiger partial charge >= 0.3 is 11.9 Å². The lowest BCUT2D eigenvalue weighted by Gasteiger charge is -2.32. The Balaban J connectivity index is 2.63. The topological polar surface area (TPSA) is 65.1 Å². The fourth-order valence-corrected chi connectivity index (χ4v) is 2.62. The number of benzene rings is 1. The number of carbonyl (C=O) groups is 2. The van der Waals surface area contributed by atoms with Crippen LogP contribution in [-0.4, -0.2) is 39.5 Å². The van der Waals surface area contributed by atoms with Gasteiger partial charge in [-0.05, 0) is 28.1 Å². The van der Waals surface area contributed by atoms with Gasteiger partial charge < -0.3 is 19.1 Å². The second-order valence-corrected chi connectivity index (χ2v) is 5.14. The summed E-state index contributed by atoms with van der Waals surface area (Å²) in [6.07, 6.45) is 0. The predicted molar refractivity (Wildman–Crippen MR) is 78.5 cm³/mol. The van der Waals surface area contributed by atoms with Gasteiger partial charge in [0.2, 0.25) is 0 Å². The van der Waals surface area contributed by atoms with Crippen LogP contribution in [0.5, 0.6) is 0 Å². The first-order valence-corrected chi connectivity index (χ1v) is 6.99. The second-order valence-electron chi connectivity index (χ2n) is 4.29. The summed E-state index contributed by atoms with van der Waals surface area (Å²) in [5, 5.41) is 0. The highest BCUT2D eigenvalue weighted by Crippen LogP contribution is 2.34. The molecule has 0 amide bonds. The molecule has 0 radical (unpaired) electrons. The minimum Gasteiger partial charge on any atom is -0.466 e. The lowest BCUT2D eigenvalue weighted by molar-refractivity contribution is -0.140. The first kappa shape index (κ1) is 16.4. The van der Waals surface area contributed by atoms with Crippen LogP contribution >= 0.6 is 15.9 Å². The minimum absolute atomic E-state index is 0.0317. The molecule has 1 heterocycles. The molecule has 6 nitrogen and oxygen atoms in total. The molecule has 0 bridgehead atoms. The molecular weight excluding hydrogens is 361 g/mol. The Hall–Kier alpha value is -1.93. The molecule has 0 unspecified atom stereocenters. The maximum Gasteiger partial charge on any atom is 0.355 e. The molecule has 0 fully saturated rings. The van der Waals surface area contributed by atoms with Crippen LogP contribution in [0.4, 0.5) is 10.1 Å². The zero-order valence-corrected chi connectivity index (χ0v) is 13.5. The molecule has 0 aromatic heterocycles. The van der Waals surface area contributed by atoms with E-state index in [0.717, 1.165) is 0 Å². The third-order valence-electron chi connectivity index (χ3n) is 3.04. The van der Waals surface area contributed by atoms with Crippen LogP contribution < -0.4 is 4.90 Å². The highest BCUT2D eigenvalue weighted by molar-refractivity contribution is 9.10. The van der Waals surface area contributed by atoms with Gasteiger partial charge in [0.1, 0.15) is 18.2 Å². The van der Waals surface area contributed by atoms with Crippen molar-refractivity contribution in [3.05, 3.63) is 39.8 Å². The van der Waals surface area contributed by atoms with E-state index in [-0.39, 0.29) is 30.3 Å². The van der Waals surface area contributed by atoms with Crippen molar-refractivity contribution in [2.24, 2.45) is 0 Å². The van der Waals surface area contributed by atoms with E-state index in [9.17, 15) is 14.0 Å². The lowest BCUT2D eigenvalue weighted by Crippen LogP contribution is -2.39. The quantitative estimate of drug-likeness (QED) is 0.754. The number of halogens is 2. The summed E-state index contributed by atoms with van der Waals surface area (Å²) in [7, 11) is 2.36. The fraction of sp³-hybridized carbons (Fsp3) is 0.286. The van der Waals surface area contributed by atoms with Crippen LogP contribution in [-0.2, 0) is 23.8 Å². The molecule has 0 saturated carbocycles. The van der Waals surface area contributed by atoms with Crippen LogP contribution in [0.1, 0.15) is 0 Å². The van der Waals surface area contributed by atoms with E-state index < -0.39 is 17.8 Å². The normalized spacial score (nSPS) is 14.8. The molecule has 2 rings (SSSR count). The molecule has 0 aliphatic carbocycles. The van der Waals surface area contributed by atoms with Gasteiger partial charge in [-0.2, -0.15) is 0 Å². The summed E-state index contributed by atoms with van der Waals surface area (Å²) in [6, 6.07) is 4.36. The first-order valence-electron chi connectivity index (χ1n) is 6.20. The molecule has 0 saturated heterocycles. The van der Waals surface area contributed by atoms with Crippen molar-refractivity contribution in [1.29, 1.82) is 0 Å². The number of para-hydroxylation sites is 1. The van der Waals surface area contributed by atoms with Gasteiger partial charge in [-0.25, -0.2) is 14.0 Å². The molecule has 1 aliphatic heterocycles. The summed E-state index contributed by atoms with van der Waals surface area (Å²) in [5.41, 5.74) is -0.0637. The number of hydrogen-bond donors (Lipinski definition) is 0. The molecule has 1 aromatic rings. The highest BCUT2D eigenvalue weighted by atomic mass is 79.9. The van der Waals surface area contributed by atoms with Gasteiger partial charge in [-0.15, -0.1) is 0 Å². The number of carbonyl (C=O) groups excluding carboxylic acids is 2. The molecule has 1 aliphatic rings. The summed E-state index contributed by atoms with van der Waals surface area (Å²) < 4.78 is 29.2. The van der Waals surface area contributed by atoms with Gasteiger partial charge in [0.25, 0.3) is 0 Å². The maximum absolute atomic E-state index is 14.2. The van der Waals surface area contributed by atoms with E-state index >= 15 is 0 Å². The van der Waals surface area contributed by atoms with Crippen LogP contribution in [0.3, 0.4) is 0 Å². The molecular formula is C14H13BrFNO5. The van der Waals surface area contributed by atoms with Crippen LogP contribution in [0.15, 0.2) is 33.9 Å². The summed E-state index contributed by atoms with van der Waals surface area (Å²) in [4.78, 5) is 25.2. The van der Waals surface area contributed by atoms with Gasteiger partial charge in [0.15, 0.2) is 0 Å². The highest BCUT2D eigenvalue weighted by Gasteiger charge is 2.34. The molecule has 0 N–H and O–H groups in total. The van der Waals surface area contributed by atoms with Crippen molar-refractivity contribution in [3.8, 4) is 0 Å². The number of nitrogens with zero attached hydrogens (tertiary/aromatic N) is 1. The van der Waals surface area contributed by atoms with Crippen molar-refractivity contribution < 1.29 is 28.2 Å². The van der Waals surface area contributed by atoms with E-state index in [1.54, 1.807) is 6.07 Å². The van der Waals surface area contributed by atoms with Crippen molar-refractivity contribution in [2.75, 3.05) is 32.5 Å². The largest absolute Gasteiger partial charge is 0.466 e. The standard InChI is InChI=1S/C14H13BrFNO5/c1-20-13(18)8-6-22-7-17(11(8)14(19)21-2)12-9(15)4-3-5-10(12)16/h3-5H,6-7H2,1-2H3. The number of anilines is 1. The van der Waals surface area contributed by atoms with Gasteiger partial charge in [0.05, 0.1) is 32.1 Å². The Morgan fingerprint density at radius 2 is 1.95 bits per heavy atom. The predicted octanol–water partition coefficient (Wildman–Crippen LogP) is 1.98. The smallest absolute Gasteiger partial charge is 0.355 e. The summed E-state index contributed by atoms with van der Waals surface area (Å²) in [5.74, 6) is -2.10. The van der Waals surface area contributed by atoms with E-state index in [1.807, 2.05) is 0 Å². The lowest BCUT2D eigenvalue weighted by atomic mass is 10.1. The van der Waals surface area contributed by atoms with Gasteiger partial charge in [0, 0.05) is 4.47 Å². The Morgan fingerprint density at radius 1 is 1.27 bits per heavy atom. The van der Waals surface area contributed by atoms with Crippen LogP contribution in [0, 0.1) is 5.82 Å².